The van der Waals surface area contributed by atoms with Crippen molar-refractivity contribution >= 4 is 27.5 Å². The van der Waals surface area contributed by atoms with Gasteiger partial charge in [0.2, 0.25) is 0 Å². The number of carbonyl (C=O) groups excluding carboxylic acids is 1. The minimum Gasteiger partial charge on any atom is -0.480 e. The molecular weight excluding hydrogens is 350 g/mol. The van der Waals surface area contributed by atoms with E-state index in [9.17, 15) is 18.0 Å². The molecule has 1 amide bonds. The first-order valence-corrected chi connectivity index (χ1v) is 8.85. The van der Waals surface area contributed by atoms with Gasteiger partial charge in [-0.1, -0.05) is 0 Å². The van der Waals surface area contributed by atoms with Crippen LogP contribution in [0.4, 0.5) is 5.82 Å². The largest absolute Gasteiger partial charge is 0.480 e. The van der Waals surface area contributed by atoms with Gasteiger partial charge in [0.1, 0.15) is 6.54 Å². The summed E-state index contributed by atoms with van der Waals surface area (Å²) in [6.07, 6.45) is 1.43. The van der Waals surface area contributed by atoms with Gasteiger partial charge in [-0.05, 0) is 24.3 Å². The lowest BCUT2D eigenvalue weighted by atomic mass is 10.2. The fourth-order valence-electron chi connectivity index (χ4n) is 1.97. The number of ether oxygens (including phenoxy) is 1. The third kappa shape index (κ3) is 5.13. The van der Waals surface area contributed by atoms with Crippen molar-refractivity contribution < 1.29 is 27.9 Å². The smallest absolute Gasteiger partial charge is 0.325 e. The van der Waals surface area contributed by atoms with E-state index in [1.807, 2.05) is 0 Å². The van der Waals surface area contributed by atoms with E-state index in [1.54, 1.807) is 0 Å². The molecule has 0 radical (unpaired) electrons. The Kier molecular flexibility index (Phi) is 5.88. The Bertz CT molecular complexity index is 858. The average molecular weight is 367 g/mol. The summed E-state index contributed by atoms with van der Waals surface area (Å²) >= 11 is 0. The molecule has 2 rings (SSSR count). The summed E-state index contributed by atoms with van der Waals surface area (Å²) < 4.78 is 30.0. The van der Waals surface area contributed by atoms with Crippen molar-refractivity contribution in [2.24, 2.45) is 0 Å². The van der Waals surface area contributed by atoms with Crippen LogP contribution in [0.1, 0.15) is 10.4 Å². The van der Waals surface area contributed by atoms with Crippen molar-refractivity contribution in [3.8, 4) is 0 Å². The minimum atomic E-state index is -3.46. The molecule has 10 heteroatoms. The fourth-order valence-corrected chi connectivity index (χ4v) is 3.14. The van der Waals surface area contributed by atoms with Gasteiger partial charge in [0.25, 0.3) is 5.91 Å². The number of hydrogen-bond donors (Lipinski definition) is 2. The number of anilines is 1. The lowest BCUT2D eigenvalue weighted by molar-refractivity contribution is -0.137. The third-order valence-corrected chi connectivity index (χ3v) is 4.91. The SMILES string of the molecule is COCCS(=O)(=O)c1ccc(C(=O)Nc2ccn(CC(=O)O)n2)cc1. The maximum Gasteiger partial charge on any atom is 0.325 e. The molecule has 25 heavy (non-hydrogen) atoms. The van der Waals surface area contributed by atoms with Crippen molar-refractivity contribution in [1.82, 2.24) is 9.78 Å². The van der Waals surface area contributed by atoms with Gasteiger partial charge in [0.05, 0.1) is 17.3 Å². The van der Waals surface area contributed by atoms with Crippen LogP contribution < -0.4 is 5.32 Å². The maximum atomic E-state index is 12.1. The van der Waals surface area contributed by atoms with Crippen molar-refractivity contribution in [1.29, 1.82) is 0 Å². The van der Waals surface area contributed by atoms with Crippen LogP contribution >= 0.6 is 0 Å². The number of carbonyl (C=O) groups is 2. The number of methoxy groups -OCH3 is 1. The Morgan fingerprint density at radius 2 is 1.92 bits per heavy atom. The predicted molar refractivity (Wildman–Crippen MR) is 88.2 cm³/mol. The Morgan fingerprint density at radius 3 is 2.52 bits per heavy atom. The van der Waals surface area contributed by atoms with Crippen LogP contribution in [0.5, 0.6) is 0 Å². The molecule has 0 fully saturated rings. The molecule has 0 aliphatic heterocycles. The number of rotatable bonds is 8. The van der Waals surface area contributed by atoms with Gasteiger partial charge >= 0.3 is 5.97 Å². The Morgan fingerprint density at radius 1 is 1.24 bits per heavy atom. The molecule has 0 saturated carbocycles. The zero-order valence-electron chi connectivity index (χ0n) is 13.4. The van der Waals surface area contributed by atoms with E-state index in [4.69, 9.17) is 9.84 Å². The molecule has 0 aliphatic rings. The van der Waals surface area contributed by atoms with Gasteiger partial charge in [-0.3, -0.25) is 14.3 Å². The van der Waals surface area contributed by atoms with E-state index in [1.165, 1.54) is 48.3 Å². The first kappa shape index (κ1) is 18.6. The van der Waals surface area contributed by atoms with Crippen molar-refractivity contribution in [2.45, 2.75) is 11.4 Å². The van der Waals surface area contributed by atoms with Crippen LogP contribution in [0.15, 0.2) is 41.4 Å². The van der Waals surface area contributed by atoms with E-state index >= 15 is 0 Å². The molecular formula is C15H17N3O6S. The topological polar surface area (TPSA) is 128 Å². The summed E-state index contributed by atoms with van der Waals surface area (Å²) in [4.78, 5) is 22.8. The van der Waals surface area contributed by atoms with E-state index in [0.29, 0.717) is 0 Å². The lowest BCUT2D eigenvalue weighted by Crippen LogP contribution is -2.15. The van der Waals surface area contributed by atoms with Crippen molar-refractivity contribution in [2.75, 3.05) is 24.8 Å². The fraction of sp³-hybridized carbons (Fsp3) is 0.267. The second kappa shape index (κ2) is 7.90. The molecule has 1 heterocycles. The average Bonchev–Trinajstić information content (AvgIpc) is 2.99. The number of aromatic nitrogens is 2. The molecule has 0 unspecified atom stereocenters. The molecule has 0 aliphatic carbocycles. The molecule has 2 aromatic rings. The molecule has 134 valence electrons. The highest BCUT2D eigenvalue weighted by atomic mass is 32.2. The van der Waals surface area contributed by atoms with E-state index < -0.39 is 21.7 Å². The predicted octanol–water partition coefficient (Wildman–Crippen LogP) is 0.640. The van der Waals surface area contributed by atoms with E-state index in [2.05, 4.69) is 10.4 Å². The minimum absolute atomic E-state index is 0.0869. The normalized spacial score (nSPS) is 11.2. The highest BCUT2D eigenvalue weighted by Gasteiger charge is 2.15. The second-order valence-corrected chi connectivity index (χ2v) is 7.19. The molecule has 9 nitrogen and oxygen atoms in total. The molecule has 0 saturated heterocycles. The standard InChI is InChI=1S/C15H17N3O6S/c1-24-8-9-25(22,23)12-4-2-11(3-5-12)15(21)16-13-6-7-18(17-13)10-14(19)20/h2-7H,8-10H2,1H3,(H,19,20)(H,16,17,21). The van der Waals surface area contributed by atoms with Gasteiger partial charge in [-0.25, -0.2) is 8.42 Å². The molecule has 0 atom stereocenters. The van der Waals surface area contributed by atoms with Crippen molar-refractivity contribution in [3.63, 3.8) is 0 Å². The number of carboxylic acids is 1. The van der Waals surface area contributed by atoms with Crippen LogP contribution in [-0.4, -0.2) is 54.7 Å². The van der Waals surface area contributed by atoms with Crippen LogP contribution in [0.2, 0.25) is 0 Å². The summed E-state index contributed by atoms with van der Waals surface area (Å²) in [6.45, 7) is -0.229. The first-order chi connectivity index (χ1) is 11.8. The van der Waals surface area contributed by atoms with Gasteiger partial charge in [0, 0.05) is 24.9 Å². The number of carboxylic acid groups (broad SMARTS) is 1. The summed E-state index contributed by atoms with van der Waals surface area (Å²) in [7, 11) is -2.04. The third-order valence-electron chi connectivity index (χ3n) is 3.21. The van der Waals surface area contributed by atoms with Crippen LogP contribution in [-0.2, 0) is 25.9 Å². The Hall–Kier alpha value is -2.72. The number of nitrogens with zero attached hydrogens (tertiary/aromatic N) is 2. The van der Waals surface area contributed by atoms with Crippen molar-refractivity contribution in [3.05, 3.63) is 42.1 Å². The lowest BCUT2D eigenvalue weighted by Gasteiger charge is -2.06. The molecule has 0 bridgehead atoms. The zero-order valence-corrected chi connectivity index (χ0v) is 14.2. The van der Waals surface area contributed by atoms with Gasteiger partial charge in [0.15, 0.2) is 15.7 Å². The number of nitrogens with one attached hydrogen (secondary N) is 1. The number of sulfone groups is 1. The number of aliphatic carboxylic acids is 1. The number of hydrogen-bond acceptors (Lipinski definition) is 6. The Balaban J connectivity index is 2.05. The monoisotopic (exact) mass is 367 g/mol. The highest BCUT2D eigenvalue weighted by molar-refractivity contribution is 7.91. The first-order valence-electron chi connectivity index (χ1n) is 7.20. The van der Waals surface area contributed by atoms with Gasteiger partial charge < -0.3 is 15.2 Å². The quantitative estimate of drug-likeness (QED) is 0.701. The van der Waals surface area contributed by atoms with Crippen LogP contribution in [0, 0.1) is 0 Å². The summed E-state index contributed by atoms with van der Waals surface area (Å²) in [5.41, 5.74) is 0.249. The Labute approximate surface area is 144 Å². The summed E-state index contributed by atoms with van der Waals surface area (Å²) in [5.74, 6) is -1.48. The second-order valence-electron chi connectivity index (χ2n) is 5.08. The summed E-state index contributed by atoms with van der Waals surface area (Å²) in [6, 6.07) is 6.95. The van der Waals surface area contributed by atoms with Crippen LogP contribution in [0.3, 0.4) is 0 Å². The molecule has 2 N–H and O–H groups in total. The number of amides is 1. The van der Waals surface area contributed by atoms with E-state index in [0.717, 1.165) is 0 Å². The van der Waals surface area contributed by atoms with E-state index in [-0.39, 0.29) is 35.2 Å². The van der Waals surface area contributed by atoms with Gasteiger partial charge in [-0.15, -0.1) is 0 Å². The van der Waals surface area contributed by atoms with Gasteiger partial charge in [-0.2, -0.15) is 5.10 Å². The van der Waals surface area contributed by atoms with Crippen LogP contribution in [0.25, 0.3) is 0 Å². The number of benzene rings is 1. The molecule has 1 aromatic heterocycles. The molecule has 1 aromatic carbocycles. The maximum absolute atomic E-state index is 12.1. The molecule has 0 spiro atoms. The zero-order chi connectivity index (χ0) is 18.4. The summed E-state index contributed by atoms with van der Waals surface area (Å²) in [5, 5.41) is 15.1. The highest BCUT2D eigenvalue weighted by Crippen LogP contribution is 2.14.